The Labute approximate surface area is 154 Å². The van der Waals surface area contributed by atoms with E-state index in [0.29, 0.717) is 12.1 Å². The lowest BCUT2D eigenvalue weighted by molar-refractivity contribution is -0.143. The molecule has 0 aliphatic heterocycles. The SMILES string of the molecule is CCOC(=O)/C(C#N)=C\c1ccc(-c2cc(C(F)(F)F)cc(C(F)(F)F)c2)o1. The molecule has 10 heteroatoms. The summed E-state index contributed by atoms with van der Waals surface area (Å²) in [7, 11) is 0. The van der Waals surface area contributed by atoms with Gasteiger partial charge in [0.1, 0.15) is 23.2 Å². The summed E-state index contributed by atoms with van der Waals surface area (Å²) in [5, 5.41) is 8.95. The van der Waals surface area contributed by atoms with Crippen LogP contribution in [0, 0.1) is 11.3 Å². The smallest absolute Gasteiger partial charge is 0.416 e. The molecule has 0 amide bonds. The summed E-state index contributed by atoms with van der Waals surface area (Å²) < 4.78 is 87.5. The molecule has 1 heterocycles. The average molecular weight is 403 g/mol. The number of furan rings is 1. The first-order valence-electron chi connectivity index (χ1n) is 7.64. The van der Waals surface area contributed by atoms with E-state index >= 15 is 0 Å². The summed E-state index contributed by atoms with van der Waals surface area (Å²) in [5.74, 6) is -1.36. The number of alkyl halides is 6. The molecule has 2 aromatic rings. The molecule has 0 saturated heterocycles. The number of benzene rings is 1. The minimum Gasteiger partial charge on any atom is -0.462 e. The molecule has 4 nitrogen and oxygen atoms in total. The first-order valence-corrected chi connectivity index (χ1v) is 7.64. The van der Waals surface area contributed by atoms with E-state index in [1.165, 1.54) is 13.0 Å². The summed E-state index contributed by atoms with van der Waals surface area (Å²) >= 11 is 0. The van der Waals surface area contributed by atoms with Crippen molar-refractivity contribution in [3.8, 4) is 17.4 Å². The second-order valence-electron chi connectivity index (χ2n) is 5.39. The van der Waals surface area contributed by atoms with Gasteiger partial charge in [-0.2, -0.15) is 31.6 Å². The van der Waals surface area contributed by atoms with Crippen LogP contribution in [0.15, 0.2) is 40.3 Å². The number of rotatable bonds is 4. The van der Waals surface area contributed by atoms with Crippen LogP contribution >= 0.6 is 0 Å². The summed E-state index contributed by atoms with van der Waals surface area (Å²) in [6.45, 7) is 1.52. The van der Waals surface area contributed by atoms with E-state index < -0.39 is 40.6 Å². The summed E-state index contributed by atoms with van der Waals surface area (Å²) in [5.41, 5.74) is -3.88. The lowest BCUT2D eigenvalue weighted by Crippen LogP contribution is -2.11. The Morgan fingerprint density at radius 1 is 1.11 bits per heavy atom. The molecule has 0 aliphatic rings. The van der Waals surface area contributed by atoms with Gasteiger partial charge in [0.05, 0.1) is 17.7 Å². The molecule has 0 saturated carbocycles. The fourth-order valence-corrected chi connectivity index (χ4v) is 2.17. The highest BCUT2D eigenvalue weighted by atomic mass is 19.4. The molecule has 0 radical (unpaired) electrons. The zero-order valence-electron chi connectivity index (χ0n) is 14.1. The van der Waals surface area contributed by atoms with Crippen molar-refractivity contribution in [1.29, 1.82) is 5.26 Å². The Morgan fingerprint density at radius 2 is 1.68 bits per heavy atom. The highest BCUT2D eigenvalue weighted by Gasteiger charge is 2.37. The second kappa shape index (κ2) is 7.80. The first-order chi connectivity index (χ1) is 13.0. The Kier molecular flexibility index (Phi) is 5.87. The number of hydrogen-bond donors (Lipinski definition) is 0. The third-order valence-corrected chi connectivity index (χ3v) is 3.40. The van der Waals surface area contributed by atoms with Gasteiger partial charge in [0, 0.05) is 11.6 Å². The first kappa shape index (κ1) is 21.1. The summed E-state index contributed by atoms with van der Waals surface area (Å²) in [4.78, 5) is 11.6. The molecule has 28 heavy (non-hydrogen) atoms. The van der Waals surface area contributed by atoms with E-state index in [1.54, 1.807) is 6.07 Å². The normalized spacial score (nSPS) is 12.6. The number of nitrogens with zero attached hydrogens (tertiary/aromatic N) is 1. The van der Waals surface area contributed by atoms with Gasteiger partial charge in [0.2, 0.25) is 0 Å². The Hall–Kier alpha value is -3.22. The Morgan fingerprint density at radius 3 is 2.14 bits per heavy atom. The zero-order chi connectivity index (χ0) is 21.1. The van der Waals surface area contributed by atoms with Crippen LogP contribution in [-0.4, -0.2) is 12.6 Å². The van der Waals surface area contributed by atoms with Crippen molar-refractivity contribution in [2.24, 2.45) is 0 Å². The molecule has 0 bridgehead atoms. The van der Waals surface area contributed by atoms with E-state index in [-0.39, 0.29) is 24.2 Å². The number of carbonyl (C=O) groups excluding carboxylic acids is 1. The summed E-state index contributed by atoms with van der Waals surface area (Å²) in [6.07, 6.45) is -9.02. The minimum atomic E-state index is -5.00. The van der Waals surface area contributed by atoms with Gasteiger partial charge in [0.25, 0.3) is 0 Å². The van der Waals surface area contributed by atoms with Crippen LogP contribution in [0.2, 0.25) is 0 Å². The van der Waals surface area contributed by atoms with Crippen molar-refractivity contribution in [2.75, 3.05) is 6.61 Å². The van der Waals surface area contributed by atoms with E-state index in [2.05, 4.69) is 4.74 Å². The van der Waals surface area contributed by atoms with Gasteiger partial charge < -0.3 is 9.15 Å². The standard InChI is InChI=1S/C18H11F6NO3/c1-2-27-16(26)11(9-25)7-14-3-4-15(28-14)10-5-12(17(19,20)21)8-13(6-10)18(22,23)24/h3-8H,2H2,1H3/b11-7-. The van der Waals surface area contributed by atoms with E-state index in [4.69, 9.17) is 9.68 Å². The molecule has 0 fully saturated rings. The molecule has 0 N–H and O–H groups in total. The van der Waals surface area contributed by atoms with E-state index in [0.717, 1.165) is 12.1 Å². The minimum absolute atomic E-state index is 0.00178. The molecule has 0 aliphatic carbocycles. The van der Waals surface area contributed by atoms with Crippen LogP contribution in [0.4, 0.5) is 26.3 Å². The van der Waals surface area contributed by atoms with Crippen LogP contribution in [0.5, 0.6) is 0 Å². The van der Waals surface area contributed by atoms with Gasteiger partial charge in [-0.25, -0.2) is 4.79 Å². The number of esters is 1. The maximum atomic E-state index is 12.9. The third kappa shape index (κ3) is 4.94. The van der Waals surface area contributed by atoms with Crippen molar-refractivity contribution in [2.45, 2.75) is 19.3 Å². The molecule has 148 valence electrons. The monoisotopic (exact) mass is 403 g/mol. The predicted molar refractivity (Wildman–Crippen MR) is 84.4 cm³/mol. The topological polar surface area (TPSA) is 63.2 Å². The molecule has 0 spiro atoms. The van der Waals surface area contributed by atoms with Gasteiger partial charge in [0.15, 0.2) is 0 Å². The van der Waals surface area contributed by atoms with Crippen LogP contribution in [0.25, 0.3) is 17.4 Å². The molecular formula is C18H11F6NO3. The van der Waals surface area contributed by atoms with Crippen molar-refractivity contribution in [3.05, 3.63) is 52.8 Å². The number of halogens is 6. The van der Waals surface area contributed by atoms with Gasteiger partial charge in [-0.3, -0.25) is 0 Å². The molecule has 0 atom stereocenters. The molecular weight excluding hydrogens is 392 g/mol. The highest BCUT2D eigenvalue weighted by Crippen LogP contribution is 2.39. The number of carbonyl (C=O) groups is 1. The van der Waals surface area contributed by atoms with Crippen molar-refractivity contribution in [3.63, 3.8) is 0 Å². The Bertz CT molecular complexity index is 915. The van der Waals surface area contributed by atoms with Crippen LogP contribution in [0.1, 0.15) is 23.8 Å². The molecule has 0 unspecified atom stereocenters. The molecule has 1 aromatic carbocycles. The van der Waals surface area contributed by atoms with Crippen molar-refractivity contribution < 1.29 is 40.3 Å². The summed E-state index contributed by atoms with van der Waals surface area (Å²) in [6, 6.07) is 4.92. The quantitative estimate of drug-likeness (QED) is 0.295. The fraction of sp³-hybridized carbons (Fsp3) is 0.222. The molecule has 1 aromatic heterocycles. The van der Waals surface area contributed by atoms with Crippen molar-refractivity contribution in [1.82, 2.24) is 0 Å². The van der Waals surface area contributed by atoms with Crippen LogP contribution in [0.3, 0.4) is 0 Å². The van der Waals surface area contributed by atoms with E-state index in [1.807, 2.05) is 0 Å². The predicted octanol–water partition coefficient (Wildman–Crippen LogP) is 5.45. The van der Waals surface area contributed by atoms with Gasteiger partial charge in [-0.05, 0) is 37.3 Å². The third-order valence-electron chi connectivity index (χ3n) is 3.40. The maximum Gasteiger partial charge on any atom is 0.416 e. The Balaban J connectivity index is 2.50. The second-order valence-corrected chi connectivity index (χ2v) is 5.39. The van der Waals surface area contributed by atoms with E-state index in [9.17, 15) is 31.1 Å². The van der Waals surface area contributed by atoms with Crippen LogP contribution in [-0.2, 0) is 21.9 Å². The number of hydrogen-bond acceptors (Lipinski definition) is 4. The highest BCUT2D eigenvalue weighted by molar-refractivity contribution is 5.97. The van der Waals surface area contributed by atoms with Gasteiger partial charge >= 0.3 is 18.3 Å². The zero-order valence-corrected chi connectivity index (χ0v) is 14.1. The van der Waals surface area contributed by atoms with Gasteiger partial charge in [-0.15, -0.1) is 0 Å². The van der Waals surface area contributed by atoms with Crippen LogP contribution < -0.4 is 0 Å². The van der Waals surface area contributed by atoms with Crippen molar-refractivity contribution >= 4 is 12.0 Å². The fourth-order valence-electron chi connectivity index (χ4n) is 2.17. The average Bonchev–Trinajstić information content (AvgIpc) is 3.06. The lowest BCUT2D eigenvalue weighted by atomic mass is 10.0. The lowest BCUT2D eigenvalue weighted by Gasteiger charge is -2.13. The number of nitriles is 1. The number of ether oxygens (including phenoxy) is 1. The maximum absolute atomic E-state index is 12.9. The molecule has 2 rings (SSSR count). The largest absolute Gasteiger partial charge is 0.462 e. The van der Waals surface area contributed by atoms with Gasteiger partial charge in [-0.1, -0.05) is 0 Å².